The van der Waals surface area contributed by atoms with E-state index in [4.69, 9.17) is 4.74 Å². The van der Waals surface area contributed by atoms with Crippen LogP contribution in [0.2, 0.25) is 0 Å². The van der Waals surface area contributed by atoms with E-state index >= 15 is 0 Å². The van der Waals surface area contributed by atoms with Crippen molar-refractivity contribution < 1.29 is 9.53 Å². The minimum absolute atomic E-state index is 0.0972. The van der Waals surface area contributed by atoms with Gasteiger partial charge in [-0.05, 0) is 12.0 Å². The Kier molecular flexibility index (Phi) is 6.34. The second kappa shape index (κ2) is 9.10. The topological polar surface area (TPSA) is 75.3 Å². The third kappa shape index (κ3) is 4.18. The molecule has 6 heteroatoms. The van der Waals surface area contributed by atoms with Crippen molar-refractivity contribution in [3.63, 3.8) is 0 Å². The summed E-state index contributed by atoms with van der Waals surface area (Å²) in [6.07, 6.45) is 0.688. The van der Waals surface area contributed by atoms with Gasteiger partial charge in [-0.15, -0.1) is 0 Å². The van der Waals surface area contributed by atoms with Gasteiger partial charge in [-0.25, -0.2) is 5.10 Å². The lowest BCUT2D eigenvalue weighted by molar-refractivity contribution is 0.0778. The summed E-state index contributed by atoms with van der Waals surface area (Å²) in [5, 5.41) is 6.78. The summed E-state index contributed by atoms with van der Waals surface area (Å²) in [7, 11) is 3.31. The number of hydrogen-bond acceptors (Lipinski definition) is 4. The van der Waals surface area contributed by atoms with Crippen molar-refractivity contribution in [3.8, 4) is 22.4 Å². The van der Waals surface area contributed by atoms with Gasteiger partial charge < -0.3 is 9.64 Å². The molecule has 1 aromatic heterocycles. The zero-order chi connectivity index (χ0) is 19.9. The SMILES string of the molecule is COCCCN(C)C(=O)c1c(-c2ccccc2)c(-c2ccccc2)n[nH]c1=O. The minimum atomic E-state index is -0.498. The summed E-state index contributed by atoms with van der Waals surface area (Å²) in [4.78, 5) is 27.4. The third-order valence-corrected chi connectivity index (χ3v) is 4.50. The molecule has 144 valence electrons. The van der Waals surface area contributed by atoms with E-state index in [-0.39, 0.29) is 11.5 Å². The highest BCUT2D eigenvalue weighted by Gasteiger charge is 2.25. The van der Waals surface area contributed by atoms with Crippen LogP contribution in [0.25, 0.3) is 22.4 Å². The van der Waals surface area contributed by atoms with Crippen LogP contribution in [0, 0.1) is 0 Å². The molecule has 0 bridgehead atoms. The lowest BCUT2D eigenvalue weighted by Crippen LogP contribution is -2.34. The number of amides is 1. The zero-order valence-electron chi connectivity index (χ0n) is 16.0. The van der Waals surface area contributed by atoms with Crippen molar-refractivity contribution in [1.82, 2.24) is 15.1 Å². The van der Waals surface area contributed by atoms with Gasteiger partial charge in [-0.3, -0.25) is 9.59 Å². The van der Waals surface area contributed by atoms with Crippen molar-refractivity contribution in [3.05, 3.63) is 76.6 Å². The summed E-state index contributed by atoms with van der Waals surface area (Å²) in [5.41, 5.74) is 2.31. The van der Waals surface area contributed by atoms with Crippen LogP contribution in [0.4, 0.5) is 0 Å². The fourth-order valence-corrected chi connectivity index (χ4v) is 3.08. The Labute approximate surface area is 163 Å². The first kappa shape index (κ1) is 19.5. The molecule has 0 atom stereocenters. The number of ether oxygens (including phenoxy) is 1. The Morgan fingerprint density at radius 1 is 1.04 bits per heavy atom. The van der Waals surface area contributed by atoms with Gasteiger partial charge >= 0.3 is 0 Å². The van der Waals surface area contributed by atoms with E-state index in [9.17, 15) is 9.59 Å². The van der Waals surface area contributed by atoms with Gasteiger partial charge in [-0.2, -0.15) is 5.10 Å². The van der Waals surface area contributed by atoms with E-state index < -0.39 is 5.56 Å². The summed E-state index contributed by atoms with van der Waals surface area (Å²) >= 11 is 0. The molecule has 0 spiro atoms. The number of benzene rings is 2. The van der Waals surface area contributed by atoms with E-state index in [1.54, 1.807) is 19.1 Å². The Hall–Kier alpha value is -3.25. The largest absolute Gasteiger partial charge is 0.385 e. The van der Waals surface area contributed by atoms with Gasteiger partial charge in [0.05, 0.1) is 5.69 Å². The van der Waals surface area contributed by atoms with Crippen LogP contribution in [-0.4, -0.2) is 48.3 Å². The molecule has 0 aliphatic heterocycles. The van der Waals surface area contributed by atoms with Gasteiger partial charge in [0.1, 0.15) is 5.56 Å². The molecular formula is C22H23N3O3. The molecule has 6 nitrogen and oxygen atoms in total. The number of nitrogens with one attached hydrogen (secondary N) is 1. The number of carbonyl (C=O) groups is 1. The van der Waals surface area contributed by atoms with Gasteiger partial charge in [-0.1, -0.05) is 60.7 Å². The van der Waals surface area contributed by atoms with E-state index in [1.165, 1.54) is 0 Å². The lowest BCUT2D eigenvalue weighted by atomic mass is 9.95. The molecule has 2 aromatic carbocycles. The number of aromatic nitrogens is 2. The number of rotatable bonds is 7. The molecule has 1 amide bonds. The maximum atomic E-state index is 13.2. The van der Waals surface area contributed by atoms with E-state index in [0.29, 0.717) is 30.8 Å². The third-order valence-electron chi connectivity index (χ3n) is 4.50. The van der Waals surface area contributed by atoms with Crippen LogP contribution in [0.3, 0.4) is 0 Å². The van der Waals surface area contributed by atoms with Crippen LogP contribution < -0.4 is 5.56 Å². The highest BCUT2D eigenvalue weighted by Crippen LogP contribution is 2.31. The van der Waals surface area contributed by atoms with Gasteiger partial charge in [0.25, 0.3) is 11.5 Å². The molecule has 28 heavy (non-hydrogen) atoms. The molecule has 0 aliphatic rings. The van der Waals surface area contributed by atoms with Crippen LogP contribution in [0.1, 0.15) is 16.8 Å². The smallest absolute Gasteiger partial charge is 0.277 e. The second-order valence-corrected chi connectivity index (χ2v) is 6.46. The maximum absolute atomic E-state index is 13.2. The summed E-state index contributed by atoms with van der Waals surface area (Å²) in [6, 6.07) is 18.9. The Balaban J connectivity index is 2.16. The predicted octanol–water partition coefficient (Wildman–Crippen LogP) is 3.21. The van der Waals surface area contributed by atoms with Gasteiger partial charge in [0.15, 0.2) is 0 Å². The molecule has 3 aromatic rings. The molecule has 0 radical (unpaired) electrons. The number of carbonyl (C=O) groups excluding carboxylic acids is 1. The number of H-pyrrole nitrogens is 1. The standard InChI is InChI=1S/C22H23N3O3/c1-25(14-9-15-28-2)22(27)19-18(16-10-5-3-6-11-16)20(23-24-21(19)26)17-12-7-4-8-13-17/h3-8,10-13H,9,14-15H2,1-2H3,(H,24,26). The fraction of sp³-hybridized carbons (Fsp3) is 0.227. The van der Waals surface area contributed by atoms with Crippen LogP contribution >= 0.6 is 0 Å². The summed E-state index contributed by atoms with van der Waals surface area (Å²) < 4.78 is 5.06. The molecule has 0 fully saturated rings. The highest BCUT2D eigenvalue weighted by atomic mass is 16.5. The van der Waals surface area contributed by atoms with E-state index in [0.717, 1.165) is 11.1 Å². The van der Waals surface area contributed by atoms with Crippen molar-refractivity contribution in [2.45, 2.75) is 6.42 Å². The number of methoxy groups -OCH3 is 1. The Morgan fingerprint density at radius 2 is 1.64 bits per heavy atom. The van der Waals surface area contributed by atoms with Gasteiger partial charge in [0.2, 0.25) is 0 Å². The lowest BCUT2D eigenvalue weighted by Gasteiger charge is -2.19. The molecule has 0 saturated heterocycles. The second-order valence-electron chi connectivity index (χ2n) is 6.46. The average Bonchev–Trinajstić information content (AvgIpc) is 2.74. The normalized spacial score (nSPS) is 10.6. The molecule has 1 N–H and O–H groups in total. The Bertz CT molecular complexity index is 985. The van der Waals surface area contributed by atoms with Crippen LogP contribution in [0.5, 0.6) is 0 Å². The van der Waals surface area contributed by atoms with Crippen LogP contribution in [0.15, 0.2) is 65.5 Å². The number of aromatic amines is 1. The van der Waals surface area contributed by atoms with Crippen molar-refractivity contribution in [1.29, 1.82) is 0 Å². The quantitative estimate of drug-likeness (QED) is 0.642. The molecule has 0 unspecified atom stereocenters. The van der Waals surface area contributed by atoms with Crippen molar-refractivity contribution >= 4 is 5.91 Å². The van der Waals surface area contributed by atoms with Crippen molar-refractivity contribution in [2.24, 2.45) is 0 Å². The Morgan fingerprint density at radius 3 is 2.25 bits per heavy atom. The van der Waals surface area contributed by atoms with Crippen molar-refractivity contribution in [2.75, 3.05) is 27.3 Å². The molecule has 0 saturated carbocycles. The molecular weight excluding hydrogens is 354 g/mol. The number of nitrogens with zero attached hydrogens (tertiary/aromatic N) is 2. The van der Waals surface area contributed by atoms with Gasteiger partial charge in [0, 0.05) is 38.4 Å². The summed E-state index contributed by atoms with van der Waals surface area (Å²) in [5.74, 6) is -0.337. The molecule has 1 heterocycles. The first-order valence-corrected chi connectivity index (χ1v) is 9.11. The summed E-state index contributed by atoms with van der Waals surface area (Å²) in [6.45, 7) is 1.04. The number of hydrogen-bond donors (Lipinski definition) is 1. The minimum Gasteiger partial charge on any atom is -0.385 e. The maximum Gasteiger partial charge on any atom is 0.277 e. The molecule has 0 aliphatic carbocycles. The first-order valence-electron chi connectivity index (χ1n) is 9.11. The van der Waals surface area contributed by atoms with E-state index in [2.05, 4.69) is 10.2 Å². The predicted molar refractivity (Wildman–Crippen MR) is 109 cm³/mol. The fourth-order valence-electron chi connectivity index (χ4n) is 3.08. The zero-order valence-corrected chi connectivity index (χ0v) is 16.0. The van der Waals surface area contributed by atoms with E-state index in [1.807, 2.05) is 60.7 Å². The first-order chi connectivity index (χ1) is 13.6. The van der Waals surface area contributed by atoms with Crippen LogP contribution in [-0.2, 0) is 4.74 Å². The molecule has 3 rings (SSSR count). The highest BCUT2D eigenvalue weighted by molar-refractivity contribution is 6.03. The monoisotopic (exact) mass is 377 g/mol. The average molecular weight is 377 g/mol.